The summed E-state index contributed by atoms with van der Waals surface area (Å²) in [5.74, 6) is 0.786. The fourth-order valence-electron chi connectivity index (χ4n) is 1.19. The molecule has 0 atom stereocenters. The van der Waals surface area contributed by atoms with E-state index in [1.807, 2.05) is 0 Å². The molecule has 0 nitrogen and oxygen atoms in total. The third-order valence-corrected chi connectivity index (χ3v) is 1.72. The molecule has 0 amide bonds. The molecule has 1 rings (SSSR count). The molecule has 1 fully saturated rings. The monoisotopic (exact) mass is 279 g/mol. The molecular formula is C7H13Br2Mg. The maximum atomic E-state index is 4.00. The summed E-state index contributed by atoms with van der Waals surface area (Å²) >= 11 is 6.44. The van der Waals surface area contributed by atoms with E-state index < -0.39 is 0 Å². The van der Waals surface area contributed by atoms with Gasteiger partial charge in [-0.25, -0.2) is 0 Å². The Balaban J connectivity index is 0.000000236. The molecule has 0 N–H and O–H groups in total. The average molecular weight is 281 g/mol. The van der Waals surface area contributed by atoms with Gasteiger partial charge >= 0.3 is 16.0 Å². The highest BCUT2D eigenvalue weighted by atomic mass is 79.9. The predicted octanol–water partition coefficient (Wildman–Crippen LogP) is 3.71. The second-order valence-corrected chi connectivity index (χ2v) is 10.7. The van der Waals surface area contributed by atoms with Crippen molar-refractivity contribution in [1.82, 2.24) is 0 Å². The molecule has 1 aliphatic carbocycles. The van der Waals surface area contributed by atoms with E-state index in [0.717, 1.165) is 5.92 Å². The van der Waals surface area contributed by atoms with Crippen LogP contribution in [-0.4, -0.2) is 16.0 Å². The molecule has 3 heteroatoms. The molecule has 0 aromatic carbocycles. The Hall–Kier alpha value is 1.73. The van der Waals surface area contributed by atoms with Gasteiger partial charge < -0.3 is 0 Å². The Morgan fingerprint density at radius 1 is 1.10 bits per heavy atom. The lowest BCUT2D eigenvalue weighted by molar-refractivity contribution is 0.417. The van der Waals surface area contributed by atoms with E-state index in [4.69, 9.17) is 0 Å². The van der Waals surface area contributed by atoms with Crippen molar-refractivity contribution in [3.63, 3.8) is 0 Å². The molecule has 1 radical (unpaired) electrons. The average Bonchev–Trinajstić information content (AvgIpc) is 1.91. The zero-order chi connectivity index (χ0) is 7.82. The van der Waals surface area contributed by atoms with Crippen LogP contribution in [-0.2, 0) is 0 Å². The van der Waals surface area contributed by atoms with Crippen LogP contribution in [0.25, 0.3) is 0 Å². The van der Waals surface area contributed by atoms with E-state index in [2.05, 4.69) is 32.7 Å². The molecule has 0 heterocycles. The van der Waals surface area contributed by atoms with Crippen LogP contribution in [0, 0.1) is 12.8 Å². The lowest BCUT2D eigenvalue weighted by atomic mass is 9.91. The largest absolute Gasteiger partial charge is 0.560 e. The van der Waals surface area contributed by atoms with E-state index in [0.29, 0.717) is 0 Å². The highest BCUT2D eigenvalue weighted by Gasteiger charge is 2.06. The normalized spacial score (nSPS) is 18.7. The Morgan fingerprint density at radius 3 is 1.70 bits per heavy atom. The van der Waals surface area contributed by atoms with Crippen LogP contribution >= 0.6 is 25.8 Å². The third kappa shape index (κ3) is 7.83. The summed E-state index contributed by atoms with van der Waals surface area (Å²) in [4.78, 5) is 0. The van der Waals surface area contributed by atoms with Gasteiger partial charge in [0.2, 0.25) is 0 Å². The molecule has 10 heavy (non-hydrogen) atoms. The van der Waals surface area contributed by atoms with Crippen LogP contribution in [0.4, 0.5) is 0 Å². The zero-order valence-corrected chi connectivity index (χ0v) is 10.9. The van der Waals surface area contributed by atoms with Crippen LogP contribution in [0.15, 0.2) is 0 Å². The molecule has 0 aromatic heterocycles. The van der Waals surface area contributed by atoms with Crippen molar-refractivity contribution in [3.05, 3.63) is 6.92 Å². The van der Waals surface area contributed by atoms with Crippen LogP contribution in [0.3, 0.4) is 0 Å². The van der Waals surface area contributed by atoms with Crippen molar-refractivity contribution in [2.75, 3.05) is 0 Å². The first-order valence-corrected chi connectivity index (χ1v) is 11.6. The number of halogens is 2. The summed E-state index contributed by atoms with van der Waals surface area (Å²) in [6.07, 6.45) is 7.05. The molecule has 0 saturated heterocycles. The van der Waals surface area contributed by atoms with E-state index in [1.165, 1.54) is 32.1 Å². The van der Waals surface area contributed by atoms with Gasteiger partial charge in [-0.15, -0.1) is 0 Å². The minimum absolute atomic E-state index is 0.0417. The van der Waals surface area contributed by atoms with Gasteiger partial charge in [-0.2, -0.15) is 0 Å². The zero-order valence-electron chi connectivity index (χ0n) is 6.28. The fraction of sp³-hybridized carbons (Fsp3) is 0.857. The van der Waals surface area contributed by atoms with Crippen LogP contribution in [0.1, 0.15) is 32.1 Å². The Labute approximate surface area is 86.0 Å². The first kappa shape index (κ1) is 11.7. The van der Waals surface area contributed by atoms with Gasteiger partial charge in [-0.3, -0.25) is 25.8 Å². The van der Waals surface area contributed by atoms with Gasteiger partial charge in [0.15, 0.2) is 0 Å². The summed E-state index contributed by atoms with van der Waals surface area (Å²) in [7, 11) is 0. The van der Waals surface area contributed by atoms with Crippen molar-refractivity contribution in [3.8, 4) is 0 Å². The van der Waals surface area contributed by atoms with Crippen LogP contribution in [0.2, 0.25) is 0 Å². The second kappa shape index (κ2) is 8.82. The SMILES string of the molecule is [Br][Mg][Br].[CH2]C1CCCCC1. The molecule has 0 bridgehead atoms. The summed E-state index contributed by atoms with van der Waals surface area (Å²) in [6.45, 7) is 4.00. The Bertz CT molecular complexity index is 62.6. The summed E-state index contributed by atoms with van der Waals surface area (Å²) in [5, 5.41) is 0. The van der Waals surface area contributed by atoms with E-state index >= 15 is 0 Å². The van der Waals surface area contributed by atoms with Crippen LogP contribution in [0.5, 0.6) is 0 Å². The number of rotatable bonds is 0. The van der Waals surface area contributed by atoms with E-state index in [9.17, 15) is 0 Å². The minimum atomic E-state index is 0.0417. The lowest BCUT2D eigenvalue weighted by Crippen LogP contribution is -2.00. The molecule has 1 saturated carbocycles. The quantitative estimate of drug-likeness (QED) is 0.594. The van der Waals surface area contributed by atoms with Gasteiger partial charge in [0.25, 0.3) is 0 Å². The van der Waals surface area contributed by atoms with Crippen molar-refractivity contribution in [1.29, 1.82) is 0 Å². The first-order valence-electron chi connectivity index (χ1n) is 3.76. The summed E-state index contributed by atoms with van der Waals surface area (Å²) < 4.78 is 0. The van der Waals surface area contributed by atoms with Gasteiger partial charge in [0, 0.05) is 0 Å². The summed E-state index contributed by atoms with van der Waals surface area (Å²) in [6, 6.07) is 0. The smallest absolute Gasteiger partial charge is 0.280 e. The molecule has 0 unspecified atom stereocenters. The topological polar surface area (TPSA) is 0 Å². The number of hydrogen-bond acceptors (Lipinski definition) is 0. The fourth-order valence-corrected chi connectivity index (χ4v) is 1.19. The van der Waals surface area contributed by atoms with Crippen molar-refractivity contribution >= 4 is 41.8 Å². The standard InChI is InChI=1S/C7H13.2BrH.Mg/c1-7-5-3-2-4-6-7;;;/h7H,1-6H2;2*1H;/q;;;+2/p-2. The maximum Gasteiger partial charge on any atom is 0.560 e. The highest BCUT2D eigenvalue weighted by molar-refractivity contribution is 9.47. The van der Waals surface area contributed by atoms with Gasteiger partial charge in [0.1, 0.15) is 0 Å². The second-order valence-electron chi connectivity index (χ2n) is 2.61. The third-order valence-electron chi connectivity index (χ3n) is 1.72. The van der Waals surface area contributed by atoms with Crippen molar-refractivity contribution < 1.29 is 0 Å². The molecule has 57 valence electrons. The molecule has 1 aliphatic rings. The first-order chi connectivity index (χ1) is 4.81. The minimum Gasteiger partial charge on any atom is -0.280 e. The van der Waals surface area contributed by atoms with Crippen LogP contribution < -0.4 is 0 Å². The van der Waals surface area contributed by atoms with E-state index in [1.54, 1.807) is 0 Å². The molecule has 0 aromatic rings. The molecule has 0 aliphatic heterocycles. The maximum absolute atomic E-state index is 4.00. The predicted molar refractivity (Wildman–Crippen MR) is 55.5 cm³/mol. The summed E-state index contributed by atoms with van der Waals surface area (Å²) in [5.41, 5.74) is 0. The van der Waals surface area contributed by atoms with Gasteiger partial charge in [0.05, 0.1) is 0 Å². The molecular weight excluding hydrogens is 268 g/mol. The Kier molecular flexibility index (Phi) is 10.3. The lowest BCUT2D eigenvalue weighted by Gasteiger charge is -2.15. The van der Waals surface area contributed by atoms with Crippen molar-refractivity contribution in [2.24, 2.45) is 5.92 Å². The highest BCUT2D eigenvalue weighted by Crippen LogP contribution is 2.21. The number of hydrogen-bond donors (Lipinski definition) is 0. The van der Waals surface area contributed by atoms with E-state index in [-0.39, 0.29) is 16.0 Å². The van der Waals surface area contributed by atoms with Gasteiger partial charge in [-0.1, -0.05) is 39.0 Å². The van der Waals surface area contributed by atoms with Gasteiger partial charge in [-0.05, 0) is 5.92 Å². The van der Waals surface area contributed by atoms with Crippen molar-refractivity contribution in [2.45, 2.75) is 32.1 Å². The molecule has 0 spiro atoms. The Morgan fingerprint density at radius 2 is 1.50 bits per heavy atom.